The first kappa shape index (κ1) is 21.5. The van der Waals surface area contributed by atoms with Crippen LogP contribution < -0.4 is 4.90 Å². The van der Waals surface area contributed by atoms with Gasteiger partial charge in [0.1, 0.15) is 0 Å². The lowest BCUT2D eigenvalue weighted by molar-refractivity contribution is -0.131. The van der Waals surface area contributed by atoms with E-state index in [1.807, 2.05) is 44.4 Å². The molecule has 2 aromatic rings. The van der Waals surface area contributed by atoms with E-state index in [0.717, 1.165) is 28.2 Å². The Labute approximate surface area is 168 Å². The lowest BCUT2D eigenvalue weighted by Crippen LogP contribution is -2.30. The smallest absolute Gasteiger partial charge is 0.223 e. The molecule has 150 valence electrons. The molecular formula is C22H31N5O. The van der Waals surface area contributed by atoms with Gasteiger partial charge in [0, 0.05) is 45.0 Å². The van der Waals surface area contributed by atoms with Crippen molar-refractivity contribution in [3.63, 3.8) is 0 Å². The number of rotatable bonds is 9. The third kappa shape index (κ3) is 5.35. The average Bonchev–Trinajstić information content (AvgIpc) is 2.95. The molecule has 1 heterocycles. The second kappa shape index (κ2) is 9.93. The molecule has 0 atom stereocenters. The summed E-state index contributed by atoms with van der Waals surface area (Å²) in [6.07, 6.45) is 1.59. The van der Waals surface area contributed by atoms with Gasteiger partial charge in [-0.15, -0.1) is 0 Å². The van der Waals surface area contributed by atoms with Crippen LogP contribution in [0.4, 0.5) is 5.69 Å². The second-order valence-corrected chi connectivity index (χ2v) is 7.25. The van der Waals surface area contributed by atoms with Crippen LogP contribution >= 0.6 is 0 Å². The van der Waals surface area contributed by atoms with Crippen LogP contribution in [-0.2, 0) is 24.3 Å². The zero-order valence-electron chi connectivity index (χ0n) is 17.7. The van der Waals surface area contributed by atoms with Gasteiger partial charge >= 0.3 is 0 Å². The third-order valence-electron chi connectivity index (χ3n) is 5.12. The number of anilines is 1. The quantitative estimate of drug-likeness (QED) is 0.667. The van der Waals surface area contributed by atoms with Crippen LogP contribution in [0.2, 0.25) is 0 Å². The van der Waals surface area contributed by atoms with E-state index >= 15 is 0 Å². The van der Waals surface area contributed by atoms with Crippen molar-refractivity contribution in [3.8, 4) is 6.07 Å². The summed E-state index contributed by atoms with van der Waals surface area (Å²) in [4.78, 5) is 16.7. The Morgan fingerprint density at radius 1 is 1.21 bits per heavy atom. The zero-order chi connectivity index (χ0) is 20.7. The monoisotopic (exact) mass is 381 g/mol. The molecule has 6 heteroatoms. The first-order chi connectivity index (χ1) is 13.4. The molecular weight excluding hydrogens is 350 g/mol. The molecule has 1 aromatic heterocycles. The molecule has 0 unspecified atom stereocenters. The SMILES string of the molecule is CCN(Cc1ccc(N(C)C)cc1)C(=O)CCc1c(C)nn(CCC#N)c1C. The third-order valence-corrected chi connectivity index (χ3v) is 5.12. The summed E-state index contributed by atoms with van der Waals surface area (Å²) in [5.74, 6) is 0.155. The lowest BCUT2D eigenvalue weighted by Gasteiger charge is -2.22. The number of nitrogens with zero attached hydrogens (tertiary/aromatic N) is 5. The predicted molar refractivity (Wildman–Crippen MR) is 112 cm³/mol. The van der Waals surface area contributed by atoms with E-state index in [2.05, 4.69) is 40.3 Å². The van der Waals surface area contributed by atoms with E-state index in [0.29, 0.717) is 38.9 Å². The number of aryl methyl sites for hydroxylation is 2. The number of aromatic nitrogens is 2. The normalized spacial score (nSPS) is 10.6. The van der Waals surface area contributed by atoms with Crippen LogP contribution in [0.1, 0.15) is 42.3 Å². The van der Waals surface area contributed by atoms with Crippen molar-refractivity contribution in [3.05, 3.63) is 46.8 Å². The minimum atomic E-state index is 0.155. The van der Waals surface area contributed by atoms with Crippen LogP contribution in [0.5, 0.6) is 0 Å². The first-order valence-electron chi connectivity index (χ1n) is 9.81. The minimum Gasteiger partial charge on any atom is -0.378 e. The van der Waals surface area contributed by atoms with Crippen LogP contribution in [0.3, 0.4) is 0 Å². The number of hydrogen-bond donors (Lipinski definition) is 0. The fourth-order valence-electron chi connectivity index (χ4n) is 3.36. The Balaban J connectivity index is 1.99. The molecule has 0 aliphatic rings. The van der Waals surface area contributed by atoms with Gasteiger partial charge in [0.05, 0.1) is 24.7 Å². The van der Waals surface area contributed by atoms with Crippen molar-refractivity contribution in [1.82, 2.24) is 14.7 Å². The molecule has 0 bridgehead atoms. The summed E-state index contributed by atoms with van der Waals surface area (Å²) in [6, 6.07) is 10.5. The first-order valence-corrected chi connectivity index (χ1v) is 9.81. The highest BCUT2D eigenvalue weighted by molar-refractivity contribution is 5.76. The van der Waals surface area contributed by atoms with Crippen molar-refractivity contribution in [2.75, 3.05) is 25.5 Å². The van der Waals surface area contributed by atoms with E-state index in [9.17, 15) is 4.79 Å². The number of carbonyl (C=O) groups excluding carboxylic acids is 1. The van der Waals surface area contributed by atoms with E-state index in [-0.39, 0.29) is 5.91 Å². The average molecular weight is 382 g/mol. The molecule has 1 aromatic carbocycles. The summed E-state index contributed by atoms with van der Waals surface area (Å²) >= 11 is 0. The van der Waals surface area contributed by atoms with Gasteiger partial charge in [0.15, 0.2) is 0 Å². The summed E-state index contributed by atoms with van der Waals surface area (Å²) in [7, 11) is 4.03. The number of nitriles is 1. The summed E-state index contributed by atoms with van der Waals surface area (Å²) < 4.78 is 1.88. The van der Waals surface area contributed by atoms with Crippen molar-refractivity contribution in [2.24, 2.45) is 0 Å². The highest BCUT2D eigenvalue weighted by Gasteiger charge is 2.16. The zero-order valence-corrected chi connectivity index (χ0v) is 17.7. The molecule has 0 saturated carbocycles. The molecule has 0 spiro atoms. The summed E-state index contributed by atoms with van der Waals surface area (Å²) in [6.45, 7) is 7.92. The van der Waals surface area contributed by atoms with Gasteiger partial charge in [-0.2, -0.15) is 10.4 Å². The topological polar surface area (TPSA) is 65.2 Å². The molecule has 0 aliphatic carbocycles. The maximum Gasteiger partial charge on any atom is 0.223 e. The minimum absolute atomic E-state index is 0.155. The van der Waals surface area contributed by atoms with Gasteiger partial charge in [-0.25, -0.2) is 0 Å². The number of benzene rings is 1. The Hall–Kier alpha value is -2.81. The van der Waals surface area contributed by atoms with Gasteiger partial charge in [-0.05, 0) is 50.5 Å². The van der Waals surface area contributed by atoms with Crippen molar-refractivity contribution < 1.29 is 4.79 Å². The highest BCUT2D eigenvalue weighted by atomic mass is 16.2. The molecule has 6 nitrogen and oxygen atoms in total. The fourth-order valence-corrected chi connectivity index (χ4v) is 3.36. The Morgan fingerprint density at radius 3 is 2.46 bits per heavy atom. The largest absolute Gasteiger partial charge is 0.378 e. The maximum absolute atomic E-state index is 12.8. The Morgan fingerprint density at radius 2 is 1.89 bits per heavy atom. The number of amides is 1. The van der Waals surface area contributed by atoms with E-state index < -0.39 is 0 Å². The second-order valence-electron chi connectivity index (χ2n) is 7.25. The molecule has 0 fully saturated rings. The van der Waals surface area contributed by atoms with Crippen molar-refractivity contribution in [1.29, 1.82) is 5.26 Å². The Kier molecular flexibility index (Phi) is 7.62. The van der Waals surface area contributed by atoms with Crippen LogP contribution in [0.15, 0.2) is 24.3 Å². The van der Waals surface area contributed by atoms with Crippen LogP contribution in [0.25, 0.3) is 0 Å². The standard InChI is InChI=1S/C22H31N5O/c1-6-26(16-19-8-10-20(11-9-19)25(4)5)22(28)13-12-21-17(2)24-27(18(21)3)15-7-14-23/h8-11H,6-7,12-13,15-16H2,1-5H3. The molecule has 0 aliphatic heterocycles. The predicted octanol–water partition coefficient (Wildman–Crippen LogP) is 3.46. The van der Waals surface area contributed by atoms with Crippen LogP contribution in [-0.4, -0.2) is 41.2 Å². The number of hydrogen-bond acceptors (Lipinski definition) is 4. The fraction of sp³-hybridized carbons (Fsp3) is 0.500. The van der Waals surface area contributed by atoms with Gasteiger partial charge in [0.2, 0.25) is 5.91 Å². The maximum atomic E-state index is 12.8. The van der Waals surface area contributed by atoms with E-state index in [4.69, 9.17) is 5.26 Å². The van der Waals surface area contributed by atoms with Gasteiger partial charge < -0.3 is 9.80 Å². The summed E-state index contributed by atoms with van der Waals surface area (Å²) in [5, 5.41) is 13.3. The van der Waals surface area contributed by atoms with E-state index in [1.165, 1.54) is 0 Å². The highest BCUT2D eigenvalue weighted by Crippen LogP contribution is 2.18. The lowest BCUT2D eigenvalue weighted by atomic mass is 10.1. The summed E-state index contributed by atoms with van der Waals surface area (Å²) in [5.41, 5.74) is 5.42. The molecule has 2 rings (SSSR count). The van der Waals surface area contributed by atoms with Crippen molar-refractivity contribution >= 4 is 11.6 Å². The molecule has 0 saturated heterocycles. The van der Waals surface area contributed by atoms with Gasteiger partial charge in [-0.1, -0.05) is 12.1 Å². The Bertz CT molecular complexity index is 830. The van der Waals surface area contributed by atoms with Gasteiger partial charge in [-0.3, -0.25) is 9.48 Å². The van der Waals surface area contributed by atoms with E-state index in [1.54, 1.807) is 0 Å². The molecule has 0 radical (unpaired) electrons. The van der Waals surface area contributed by atoms with Crippen molar-refractivity contribution in [2.45, 2.75) is 53.1 Å². The molecule has 1 amide bonds. The molecule has 0 N–H and O–H groups in total. The van der Waals surface area contributed by atoms with Crippen LogP contribution in [0, 0.1) is 25.2 Å². The van der Waals surface area contributed by atoms with Gasteiger partial charge in [0.25, 0.3) is 0 Å². The number of carbonyl (C=O) groups is 1. The molecule has 28 heavy (non-hydrogen) atoms.